The zero-order valence-corrected chi connectivity index (χ0v) is 11.0. The summed E-state index contributed by atoms with van der Waals surface area (Å²) in [7, 11) is 0. The summed E-state index contributed by atoms with van der Waals surface area (Å²) in [5.74, 6) is 0.477. The van der Waals surface area contributed by atoms with Crippen LogP contribution in [0.2, 0.25) is 0 Å². The number of aliphatic hydroxyl groups is 1. The largest absolute Gasteiger partial charge is 0.484 e. The summed E-state index contributed by atoms with van der Waals surface area (Å²) in [6.45, 7) is 4.03. The number of carbonyl (C=O) groups excluding carboxylic acids is 1. The van der Waals surface area contributed by atoms with E-state index in [2.05, 4.69) is 12.2 Å². The van der Waals surface area contributed by atoms with E-state index >= 15 is 0 Å². The molecule has 1 aromatic rings. The van der Waals surface area contributed by atoms with Crippen LogP contribution in [0.15, 0.2) is 24.3 Å². The van der Waals surface area contributed by atoms with Crippen molar-refractivity contribution in [3.05, 3.63) is 29.8 Å². The molecular weight excluding hydrogens is 230 g/mol. The van der Waals surface area contributed by atoms with Crippen molar-refractivity contribution in [1.29, 1.82) is 0 Å². The molecule has 4 heteroatoms. The number of carbonyl (C=O) groups is 1. The quantitative estimate of drug-likeness (QED) is 0.777. The maximum Gasteiger partial charge on any atom is 0.258 e. The van der Waals surface area contributed by atoms with Gasteiger partial charge in [0.05, 0.1) is 6.61 Å². The monoisotopic (exact) mass is 251 g/mol. The number of benzene rings is 1. The van der Waals surface area contributed by atoms with Gasteiger partial charge < -0.3 is 15.2 Å². The van der Waals surface area contributed by atoms with Gasteiger partial charge >= 0.3 is 0 Å². The second-order valence-electron chi connectivity index (χ2n) is 4.35. The van der Waals surface area contributed by atoms with E-state index in [9.17, 15) is 4.79 Å². The SMILES string of the molecule is CCCC(C)NC(=O)COc1cccc(CO)c1. The van der Waals surface area contributed by atoms with Crippen molar-refractivity contribution in [2.24, 2.45) is 0 Å². The Labute approximate surface area is 108 Å². The maximum absolute atomic E-state index is 11.6. The Balaban J connectivity index is 2.37. The lowest BCUT2D eigenvalue weighted by Crippen LogP contribution is -2.35. The number of aliphatic hydroxyl groups excluding tert-OH is 1. The molecule has 1 atom stereocenters. The third-order valence-electron chi connectivity index (χ3n) is 2.58. The molecule has 0 heterocycles. The Morgan fingerprint density at radius 2 is 2.28 bits per heavy atom. The number of hydrogen-bond acceptors (Lipinski definition) is 3. The van der Waals surface area contributed by atoms with E-state index in [0.29, 0.717) is 5.75 Å². The Kier molecular flexibility index (Phi) is 6.22. The number of amides is 1. The molecule has 1 aromatic carbocycles. The Bertz CT molecular complexity index is 379. The lowest BCUT2D eigenvalue weighted by Gasteiger charge is -2.13. The van der Waals surface area contributed by atoms with Crippen LogP contribution < -0.4 is 10.1 Å². The highest BCUT2D eigenvalue weighted by atomic mass is 16.5. The summed E-state index contributed by atoms with van der Waals surface area (Å²) in [4.78, 5) is 11.6. The summed E-state index contributed by atoms with van der Waals surface area (Å²) in [6.07, 6.45) is 2.01. The van der Waals surface area contributed by atoms with Crippen LogP contribution in [0.25, 0.3) is 0 Å². The summed E-state index contributed by atoms with van der Waals surface area (Å²) in [5.41, 5.74) is 0.771. The first-order chi connectivity index (χ1) is 8.65. The molecule has 0 fully saturated rings. The standard InChI is InChI=1S/C14H21NO3/c1-3-5-11(2)15-14(17)10-18-13-7-4-6-12(8-13)9-16/h4,6-8,11,16H,3,5,9-10H2,1-2H3,(H,15,17). The Hall–Kier alpha value is -1.55. The van der Waals surface area contributed by atoms with Gasteiger partial charge in [-0.2, -0.15) is 0 Å². The van der Waals surface area contributed by atoms with Gasteiger partial charge in [0, 0.05) is 6.04 Å². The van der Waals surface area contributed by atoms with Crippen LogP contribution in [0.5, 0.6) is 5.75 Å². The first-order valence-electron chi connectivity index (χ1n) is 6.27. The molecule has 0 spiro atoms. The van der Waals surface area contributed by atoms with Gasteiger partial charge in [-0.15, -0.1) is 0 Å². The minimum atomic E-state index is -0.120. The highest BCUT2D eigenvalue weighted by molar-refractivity contribution is 5.77. The molecule has 0 aliphatic heterocycles. The van der Waals surface area contributed by atoms with Gasteiger partial charge in [-0.25, -0.2) is 0 Å². The second-order valence-corrected chi connectivity index (χ2v) is 4.35. The molecule has 1 unspecified atom stereocenters. The summed E-state index contributed by atoms with van der Waals surface area (Å²) >= 11 is 0. The zero-order valence-electron chi connectivity index (χ0n) is 11.0. The van der Waals surface area contributed by atoms with Crippen LogP contribution in [-0.2, 0) is 11.4 Å². The first-order valence-corrected chi connectivity index (χ1v) is 6.27. The van der Waals surface area contributed by atoms with Crippen molar-refractivity contribution in [3.8, 4) is 5.75 Å². The van der Waals surface area contributed by atoms with Gasteiger partial charge in [-0.05, 0) is 31.0 Å². The van der Waals surface area contributed by atoms with Crippen LogP contribution in [0.1, 0.15) is 32.3 Å². The first kappa shape index (κ1) is 14.5. The zero-order chi connectivity index (χ0) is 13.4. The van der Waals surface area contributed by atoms with Crippen molar-refractivity contribution in [2.75, 3.05) is 6.61 Å². The average molecular weight is 251 g/mol. The van der Waals surface area contributed by atoms with Crippen LogP contribution in [-0.4, -0.2) is 23.7 Å². The van der Waals surface area contributed by atoms with Gasteiger partial charge in [0.25, 0.3) is 5.91 Å². The minimum Gasteiger partial charge on any atom is -0.484 e. The van der Waals surface area contributed by atoms with Crippen LogP contribution in [0.3, 0.4) is 0 Å². The van der Waals surface area contributed by atoms with Gasteiger partial charge in [0.1, 0.15) is 5.75 Å². The molecule has 0 aromatic heterocycles. The maximum atomic E-state index is 11.6. The fourth-order valence-corrected chi connectivity index (χ4v) is 1.70. The highest BCUT2D eigenvalue weighted by Crippen LogP contribution is 2.12. The van der Waals surface area contributed by atoms with Crippen LogP contribution >= 0.6 is 0 Å². The number of nitrogens with one attached hydrogen (secondary N) is 1. The van der Waals surface area contributed by atoms with Crippen molar-refractivity contribution < 1.29 is 14.6 Å². The molecule has 0 radical (unpaired) electrons. The van der Waals surface area contributed by atoms with E-state index in [0.717, 1.165) is 18.4 Å². The summed E-state index contributed by atoms with van der Waals surface area (Å²) < 4.78 is 5.37. The predicted molar refractivity (Wildman–Crippen MR) is 70.4 cm³/mol. The van der Waals surface area contributed by atoms with Gasteiger partial charge in [-0.3, -0.25) is 4.79 Å². The topological polar surface area (TPSA) is 58.6 Å². The average Bonchev–Trinajstić information content (AvgIpc) is 2.37. The number of ether oxygens (including phenoxy) is 1. The van der Waals surface area contributed by atoms with Gasteiger partial charge in [0.2, 0.25) is 0 Å². The molecule has 4 nitrogen and oxygen atoms in total. The Morgan fingerprint density at radius 1 is 1.50 bits per heavy atom. The number of hydrogen-bond donors (Lipinski definition) is 2. The Morgan fingerprint density at radius 3 is 2.94 bits per heavy atom. The molecule has 0 aliphatic carbocycles. The van der Waals surface area contributed by atoms with Crippen LogP contribution in [0, 0.1) is 0 Å². The molecule has 0 saturated heterocycles. The third-order valence-corrected chi connectivity index (χ3v) is 2.58. The summed E-state index contributed by atoms with van der Waals surface area (Å²) in [6, 6.07) is 7.26. The molecule has 2 N–H and O–H groups in total. The van der Waals surface area contributed by atoms with E-state index in [1.165, 1.54) is 0 Å². The van der Waals surface area contributed by atoms with Crippen molar-refractivity contribution in [2.45, 2.75) is 39.3 Å². The smallest absolute Gasteiger partial charge is 0.258 e. The lowest BCUT2D eigenvalue weighted by atomic mass is 10.2. The molecular formula is C14H21NO3. The third kappa shape index (κ3) is 5.19. The minimum absolute atomic E-state index is 0.00291. The number of rotatable bonds is 7. The predicted octanol–water partition coefficient (Wildman–Crippen LogP) is 1.86. The fourth-order valence-electron chi connectivity index (χ4n) is 1.70. The van der Waals surface area contributed by atoms with E-state index < -0.39 is 0 Å². The van der Waals surface area contributed by atoms with Crippen LogP contribution in [0.4, 0.5) is 0 Å². The molecule has 1 rings (SSSR count). The van der Waals surface area contributed by atoms with Gasteiger partial charge in [-0.1, -0.05) is 25.5 Å². The molecule has 0 bridgehead atoms. The van der Waals surface area contributed by atoms with E-state index in [4.69, 9.17) is 9.84 Å². The summed E-state index contributed by atoms with van der Waals surface area (Å²) in [5, 5.41) is 11.8. The molecule has 0 aliphatic rings. The van der Waals surface area contributed by atoms with E-state index in [-0.39, 0.29) is 25.2 Å². The van der Waals surface area contributed by atoms with Crippen molar-refractivity contribution >= 4 is 5.91 Å². The second kappa shape index (κ2) is 7.71. The lowest BCUT2D eigenvalue weighted by molar-refractivity contribution is -0.123. The van der Waals surface area contributed by atoms with Gasteiger partial charge in [0.15, 0.2) is 6.61 Å². The normalized spacial score (nSPS) is 11.9. The van der Waals surface area contributed by atoms with Crippen molar-refractivity contribution in [1.82, 2.24) is 5.32 Å². The van der Waals surface area contributed by atoms with Crippen molar-refractivity contribution in [3.63, 3.8) is 0 Å². The molecule has 18 heavy (non-hydrogen) atoms. The molecule has 1 amide bonds. The molecule has 100 valence electrons. The van der Waals surface area contributed by atoms with E-state index in [1.807, 2.05) is 6.92 Å². The van der Waals surface area contributed by atoms with E-state index in [1.54, 1.807) is 24.3 Å². The highest BCUT2D eigenvalue weighted by Gasteiger charge is 2.07. The fraction of sp³-hybridized carbons (Fsp3) is 0.500. The molecule has 0 saturated carbocycles.